The summed E-state index contributed by atoms with van der Waals surface area (Å²) in [5.74, 6) is 0.693. The summed E-state index contributed by atoms with van der Waals surface area (Å²) in [4.78, 5) is 14.7. The molecule has 0 amide bonds. The summed E-state index contributed by atoms with van der Waals surface area (Å²) >= 11 is 0. The van der Waals surface area contributed by atoms with Gasteiger partial charge in [0, 0.05) is 31.3 Å². The van der Waals surface area contributed by atoms with Crippen molar-refractivity contribution in [1.82, 2.24) is 15.0 Å². The Labute approximate surface area is 112 Å². The summed E-state index contributed by atoms with van der Waals surface area (Å²) in [6, 6.07) is 5.79. The van der Waals surface area contributed by atoms with E-state index in [1.54, 1.807) is 30.9 Å². The number of aliphatic hydroxyl groups excluding tert-OH is 1. The molecule has 5 heteroatoms. The van der Waals surface area contributed by atoms with Gasteiger partial charge in [0.15, 0.2) is 0 Å². The summed E-state index contributed by atoms with van der Waals surface area (Å²) in [5, 5.41) is 10.2. The maximum Gasteiger partial charge on any atom is 0.225 e. The molecule has 98 valence electrons. The van der Waals surface area contributed by atoms with Crippen LogP contribution in [0.2, 0.25) is 0 Å². The molecule has 0 bridgehead atoms. The van der Waals surface area contributed by atoms with Gasteiger partial charge in [0.05, 0.1) is 12.1 Å². The van der Waals surface area contributed by atoms with Crippen LogP contribution in [0, 0.1) is 0 Å². The summed E-state index contributed by atoms with van der Waals surface area (Å²) in [6.07, 6.45) is 8.22. The minimum absolute atomic E-state index is 0.0322. The molecule has 2 aromatic rings. The van der Waals surface area contributed by atoms with Gasteiger partial charge in [0.25, 0.3) is 0 Å². The van der Waals surface area contributed by atoms with E-state index in [9.17, 15) is 5.11 Å². The van der Waals surface area contributed by atoms with E-state index in [0.29, 0.717) is 5.95 Å². The van der Waals surface area contributed by atoms with Gasteiger partial charge in [0.1, 0.15) is 0 Å². The van der Waals surface area contributed by atoms with Crippen LogP contribution in [0.1, 0.15) is 12.0 Å². The van der Waals surface area contributed by atoms with Crippen molar-refractivity contribution in [2.75, 3.05) is 11.4 Å². The summed E-state index contributed by atoms with van der Waals surface area (Å²) in [6.45, 7) is 0.793. The Kier molecular flexibility index (Phi) is 3.37. The van der Waals surface area contributed by atoms with Gasteiger partial charge in [-0.1, -0.05) is 0 Å². The van der Waals surface area contributed by atoms with E-state index in [1.807, 2.05) is 12.1 Å². The average Bonchev–Trinajstić information content (AvgIpc) is 2.82. The zero-order chi connectivity index (χ0) is 13.1. The summed E-state index contributed by atoms with van der Waals surface area (Å²) < 4.78 is 0. The first-order chi connectivity index (χ1) is 9.34. The maximum atomic E-state index is 10.2. The summed E-state index contributed by atoms with van der Waals surface area (Å²) in [7, 11) is 0. The Bertz CT molecular complexity index is 519. The third kappa shape index (κ3) is 2.56. The molecule has 1 N–H and O–H groups in total. The largest absolute Gasteiger partial charge is 0.391 e. The van der Waals surface area contributed by atoms with Crippen molar-refractivity contribution in [2.45, 2.75) is 25.0 Å². The van der Waals surface area contributed by atoms with Gasteiger partial charge < -0.3 is 10.0 Å². The predicted molar refractivity (Wildman–Crippen MR) is 71.7 cm³/mol. The third-order valence-corrected chi connectivity index (χ3v) is 3.51. The van der Waals surface area contributed by atoms with Gasteiger partial charge in [-0.3, -0.25) is 4.98 Å². The van der Waals surface area contributed by atoms with Gasteiger partial charge in [-0.15, -0.1) is 0 Å². The average molecular weight is 256 g/mol. The van der Waals surface area contributed by atoms with Crippen LogP contribution in [0.15, 0.2) is 43.0 Å². The van der Waals surface area contributed by atoms with E-state index in [2.05, 4.69) is 19.9 Å². The topological polar surface area (TPSA) is 62.1 Å². The summed E-state index contributed by atoms with van der Waals surface area (Å²) in [5.41, 5.74) is 1.17. The number of aromatic nitrogens is 3. The van der Waals surface area contributed by atoms with E-state index in [-0.39, 0.29) is 12.1 Å². The van der Waals surface area contributed by atoms with Crippen LogP contribution in [0.3, 0.4) is 0 Å². The molecule has 19 heavy (non-hydrogen) atoms. The van der Waals surface area contributed by atoms with Gasteiger partial charge in [-0.25, -0.2) is 9.97 Å². The monoisotopic (exact) mass is 256 g/mol. The Morgan fingerprint density at radius 3 is 2.63 bits per heavy atom. The maximum absolute atomic E-state index is 10.2. The quantitative estimate of drug-likeness (QED) is 0.889. The first kappa shape index (κ1) is 12.0. The lowest BCUT2D eigenvalue weighted by atomic mass is 10.0. The van der Waals surface area contributed by atoms with Crippen LogP contribution in [0.25, 0.3) is 0 Å². The molecule has 1 aliphatic heterocycles. The molecule has 0 saturated carbocycles. The Balaban J connectivity index is 1.81. The standard InChI is InChI=1S/C14H16N4O/c19-13-4-9-18(14-16-5-1-6-17-14)12(13)10-11-2-7-15-8-3-11/h1-3,5-8,12-13,19H,4,9-10H2/t12-,13+/m0/s1. The first-order valence-corrected chi connectivity index (χ1v) is 6.45. The molecule has 0 spiro atoms. The second-order valence-corrected chi connectivity index (χ2v) is 4.73. The molecule has 1 fully saturated rings. The van der Waals surface area contributed by atoms with E-state index < -0.39 is 0 Å². The highest BCUT2D eigenvalue weighted by atomic mass is 16.3. The van der Waals surface area contributed by atoms with Crippen molar-refractivity contribution < 1.29 is 5.11 Å². The smallest absolute Gasteiger partial charge is 0.225 e. The molecule has 5 nitrogen and oxygen atoms in total. The number of anilines is 1. The Morgan fingerprint density at radius 2 is 1.89 bits per heavy atom. The van der Waals surface area contributed by atoms with Crippen molar-refractivity contribution >= 4 is 5.95 Å². The third-order valence-electron chi connectivity index (χ3n) is 3.51. The number of hydrogen-bond acceptors (Lipinski definition) is 5. The highest BCUT2D eigenvalue weighted by Crippen LogP contribution is 2.25. The fraction of sp³-hybridized carbons (Fsp3) is 0.357. The minimum Gasteiger partial charge on any atom is -0.391 e. The second-order valence-electron chi connectivity index (χ2n) is 4.73. The number of rotatable bonds is 3. The highest BCUT2D eigenvalue weighted by Gasteiger charge is 2.34. The van der Waals surface area contributed by atoms with Crippen molar-refractivity contribution in [3.8, 4) is 0 Å². The lowest BCUT2D eigenvalue weighted by Crippen LogP contribution is -2.38. The van der Waals surface area contributed by atoms with Crippen molar-refractivity contribution in [2.24, 2.45) is 0 Å². The number of hydrogen-bond donors (Lipinski definition) is 1. The number of pyridine rings is 1. The van der Waals surface area contributed by atoms with Crippen LogP contribution in [0.5, 0.6) is 0 Å². The van der Waals surface area contributed by atoms with E-state index in [0.717, 1.165) is 19.4 Å². The van der Waals surface area contributed by atoms with Crippen LogP contribution >= 0.6 is 0 Å². The number of aliphatic hydroxyl groups is 1. The lowest BCUT2D eigenvalue weighted by molar-refractivity contribution is 0.163. The van der Waals surface area contributed by atoms with Crippen LogP contribution in [0.4, 0.5) is 5.95 Å². The lowest BCUT2D eigenvalue weighted by Gasteiger charge is -2.26. The predicted octanol–water partition coefficient (Wildman–Crippen LogP) is 1.05. The molecule has 0 aromatic carbocycles. The molecule has 2 aromatic heterocycles. The van der Waals surface area contributed by atoms with Gasteiger partial charge in [0.2, 0.25) is 5.95 Å². The van der Waals surface area contributed by atoms with Gasteiger partial charge >= 0.3 is 0 Å². The van der Waals surface area contributed by atoms with E-state index >= 15 is 0 Å². The minimum atomic E-state index is -0.336. The fourth-order valence-electron chi connectivity index (χ4n) is 2.53. The van der Waals surface area contributed by atoms with Crippen molar-refractivity contribution in [1.29, 1.82) is 0 Å². The Hall–Kier alpha value is -2.01. The molecule has 3 heterocycles. The van der Waals surface area contributed by atoms with Gasteiger partial charge in [-0.2, -0.15) is 0 Å². The molecule has 2 atom stereocenters. The SMILES string of the molecule is O[C@@H]1CCN(c2ncccn2)[C@H]1Cc1ccncc1. The molecule has 1 aliphatic rings. The molecule has 3 rings (SSSR count). The fourth-order valence-corrected chi connectivity index (χ4v) is 2.53. The molecule has 1 saturated heterocycles. The zero-order valence-corrected chi connectivity index (χ0v) is 10.6. The van der Waals surface area contributed by atoms with Crippen LogP contribution < -0.4 is 4.90 Å². The molecular weight excluding hydrogens is 240 g/mol. The second kappa shape index (κ2) is 5.32. The zero-order valence-electron chi connectivity index (χ0n) is 10.6. The van der Waals surface area contributed by atoms with Crippen molar-refractivity contribution in [3.63, 3.8) is 0 Å². The van der Waals surface area contributed by atoms with Crippen molar-refractivity contribution in [3.05, 3.63) is 48.5 Å². The van der Waals surface area contributed by atoms with E-state index in [1.165, 1.54) is 5.56 Å². The number of nitrogens with zero attached hydrogens (tertiary/aromatic N) is 4. The highest BCUT2D eigenvalue weighted by molar-refractivity contribution is 5.35. The first-order valence-electron chi connectivity index (χ1n) is 6.45. The van der Waals surface area contributed by atoms with Crippen LogP contribution in [-0.2, 0) is 6.42 Å². The molecule has 0 aliphatic carbocycles. The Morgan fingerprint density at radius 1 is 1.16 bits per heavy atom. The molecule has 0 radical (unpaired) electrons. The van der Waals surface area contributed by atoms with Crippen LogP contribution in [-0.4, -0.2) is 38.7 Å². The molecular formula is C14H16N4O. The normalized spacial score (nSPS) is 22.7. The molecule has 0 unspecified atom stereocenters. The van der Waals surface area contributed by atoms with E-state index in [4.69, 9.17) is 0 Å². The van der Waals surface area contributed by atoms with Gasteiger partial charge in [-0.05, 0) is 36.6 Å².